The number of quaternary nitrogens is 1. The molecule has 2 saturated heterocycles. The summed E-state index contributed by atoms with van der Waals surface area (Å²) in [6.07, 6.45) is 6.75. The molecule has 0 aliphatic carbocycles. The number of hydrogen-bond acceptors (Lipinski definition) is 1. The SMILES string of the molecule is CC[N@+]12CCCC[C@@H]1[C@H](CO)CCC2. The van der Waals surface area contributed by atoms with E-state index in [1.165, 1.54) is 56.2 Å². The molecule has 2 aliphatic rings. The summed E-state index contributed by atoms with van der Waals surface area (Å²) in [6, 6.07) is 0.785. The zero-order valence-corrected chi connectivity index (χ0v) is 9.41. The van der Waals surface area contributed by atoms with Gasteiger partial charge in [0.05, 0.1) is 32.3 Å². The molecular weight excluding hydrogens is 174 g/mol. The molecule has 14 heavy (non-hydrogen) atoms. The van der Waals surface area contributed by atoms with Crippen molar-refractivity contribution < 1.29 is 9.59 Å². The molecule has 2 heteroatoms. The van der Waals surface area contributed by atoms with Crippen LogP contribution in [0.2, 0.25) is 0 Å². The Balaban J connectivity index is 2.15. The van der Waals surface area contributed by atoms with Gasteiger partial charge in [-0.1, -0.05) is 0 Å². The van der Waals surface area contributed by atoms with Gasteiger partial charge in [-0.3, -0.25) is 0 Å². The number of fused-ring (bicyclic) bond motifs is 1. The van der Waals surface area contributed by atoms with Crippen molar-refractivity contribution in [1.29, 1.82) is 0 Å². The maximum atomic E-state index is 9.43. The van der Waals surface area contributed by atoms with Crippen molar-refractivity contribution in [2.45, 2.75) is 45.1 Å². The van der Waals surface area contributed by atoms with E-state index in [2.05, 4.69) is 6.92 Å². The molecule has 3 atom stereocenters. The van der Waals surface area contributed by atoms with Crippen LogP contribution in [0.25, 0.3) is 0 Å². The van der Waals surface area contributed by atoms with Gasteiger partial charge in [0.15, 0.2) is 0 Å². The van der Waals surface area contributed by atoms with E-state index < -0.39 is 0 Å². The van der Waals surface area contributed by atoms with Crippen molar-refractivity contribution in [3.63, 3.8) is 0 Å². The third-order valence-electron chi connectivity index (χ3n) is 4.64. The molecule has 2 aliphatic heterocycles. The minimum atomic E-state index is 0.421. The second kappa shape index (κ2) is 4.19. The number of aliphatic hydroxyl groups is 1. The van der Waals surface area contributed by atoms with E-state index in [9.17, 15) is 5.11 Å². The van der Waals surface area contributed by atoms with Crippen LogP contribution >= 0.6 is 0 Å². The highest BCUT2D eigenvalue weighted by molar-refractivity contribution is 4.78. The molecule has 0 radical (unpaired) electrons. The molecule has 2 nitrogen and oxygen atoms in total. The third-order valence-corrected chi connectivity index (χ3v) is 4.64. The van der Waals surface area contributed by atoms with Crippen LogP contribution in [0.15, 0.2) is 0 Å². The summed E-state index contributed by atoms with van der Waals surface area (Å²) in [5.41, 5.74) is 0. The Morgan fingerprint density at radius 1 is 1.14 bits per heavy atom. The largest absolute Gasteiger partial charge is 0.396 e. The van der Waals surface area contributed by atoms with Gasteiger partial charge in [-0.15, -0.1) is 0 Å². The highest BCUT2D eigenvalue weighted by Gasteiger charge is 2.44. The van der Waals surface area contributed by atoms with Gasteiger partial charge < -0.3 is 9.59 Å². The lowest BCUT2D eigenvalue weighted by molar-refractivity contribution is -0.963. The van der Waals surface area contributed by atoms with Gasteiger partial charge in [0.1, 0.15) is 0 Å². The van der Waals surface area contributed by atoms with Crippen molar-refractivity contribution in [1.82, 2.24) is 0 Å². The average Bonchev–Trinajstić information content (AvgIpc) is 2.28. The summed E-state index contributed by atoms with van der Waals surface area (Å²) in [5, 5.41) is 9.43. The van der Waals surface area contributed by atoms with Gasteiger partial charge in [-0.2, -0.15) is 0 Å². The molecule has 0 bridgehead atoms. The van der Waals surface area contributed by atoms with Gasteiger partial charge in [0, 0.05) is 12.3 Å². The number of hydrogen-bond donors (Lipinski definition) is 1. The second-order valence-corrected chi connectivity index (χ2v) is 5.13. The monoisotopic (exact) mass is 198 g/mol. The fourth-order valence-electron chi connectivity index (χ4n) is 3.80. The molecule has 0 aromatic carbocycles. The van der Waals surface area contributed by atoms with Crippen LogP contribution in [0, 0.1) is 5.92 Å². The minimum Gasteiger partial charge on any atom is -0.396 e. The molecule has 1 N–H and O–H groups in total. The van der Waals surface area contributed by atoms with E-state index in [1.807, 2.05) is 0 Å². The molecular formula is C12H24NO+. The highest BCUT2D eigenvalue weighted by Crippen LogP contribution is 2.36. The first-order valence-corrected chi connectivity index (χ1v) is 6.29. The standard InChI is InChI=1S/C12H24NO/c1-2-13-8-4-3-7-12(13)11(10-14)6-5-9-13/h11-12,14H,2-10H2,1H3/q+1/t11-,12+,13+/m0/s1. The highest BCUT2D eigenvalue weighted by atomic mass is 16.3. The summed E-state index contributed by atoms with van der Waals surface area (Å²) in [4.78, 5) is 0. The number of piperidine rings is 2. The average molecular weight is 198 g/mol. The van der Waals surface area contributed by atoms with E-state index in [4.69, 9.17) is 0 Å². The molecule has 0 unspecified atom stereocenters. The normalized spacial score (nSPS) is 43.3. The first-order valence-electron chi connectivity index (χ1n) is 6.29. The molecule has 0 aromatic heterocycles. The van der Waals surface area contributed by atoms with Crippen molar-refractivity contribution in [3.05, 3.63) is 0 Å². The Morgan fingerprint density at radius 3 is 2.64 bits per heavy atom. The molecule has 2 rings (SSSR count). The van der Waals surface area contributed by atoms with Gasteiger partial charge in [-0.25, -0.2) is 0 Å². The lowest BCUT2D eigenvalue weighted by Gasteiger charge is -2.53. The van der Waals surface area contributed by atoms with Crippen molar-refractivity contribution in [2.24, 2.45) is 5.92 Å². The number of aliphatic hydroxyl groups excluding tert-OH is 1. The van der Waals surface area contributed by atoms with Crippen LogP contribution in [-0.4, -0.2) is 41.9 Å². The van der Waals surface area contributed by atoms with Crippen LogP contribution in [0.1, 0.15) is 39.0 Å². The second-order valence-electron chi connectivity index (χ2n) is 5.13. The molecule has 2 fully saturated rings. The predicted octanol–water partition coefficient (Wildman–Crippen LogP) is 1.78. The summed E-state index contributed by atoms with van der Waals surface area (Å²) in [6.45, 7) is 6.78. The summed E-state index contributed by atoms with van der Waals surface area (Å²) in [5.74, 6) is 0.601. The lowest BCUT2D eigenvalue weighted by atomic mass is 9.81. The van der Waals surface area contributed by atoms with Crippen molar-refractivity contribution >= 4 is 0 Å². The number of rotatable bonds is 2. The Bertz CT molecular complexity index is 191. The zero-order valence-electron chi connectivity index (χ0n) is 9.41. The Hall–Kier alpha value is -0.0800. The molecule has 0 saturated carbocycles. The quantitative estimate of drug-likeness (QED) is 0.671. The zero-order chi connectivity index (χ0) is 10.0. The smallest absolute Gasteiger partial charge is 0.0941 e. The third kappa shape index (κ3) is 1.59. The Labute approximate surface area is 87.5 Å². The van der Waals surface area contributed by atoms with E-state index in [1.54, 1.807) is 0 Å². The van der Waals surface area contributed by atoms with Crippen molar-refractivity contribution in [2.75, 3.05) is 26.2 Å². The minimum absolute atomic E-state index is 0.421. The van der Waals surface area contributed by atoms with E-state index in [-0.39, 0.29) is 0 Å². The fraction of sp³-hybridized carbons (Fsp3) is 1.00. The molecule has 82 valence electrons. The van der Waals surface area contributed by atoms with Crippen molar-refractivity contribution in [3.8, 4) is 0 Å². The predicted molar refractivity (Wildman–Crippen MR) is 58.0 cm³/mol. The first-order chi connectivity index (χ1) is 6.82. The number of nitrogens with zero attached hydrogens (tertiary/aromatic N) is 1. The topological polar surface area (TPSA) is 20.2 Å². The van der Waals surface area contributed by atoms with Crippen LogP contribution in [0.4, 0.5) is 0 Å². The molecule has 0 spiro atoms. The van der Waals surface area contributed by atoms with E-state index in [0.29, 0.717) is 12.5 Å². The van der Waals surface area contributed by atoms with Gasteiger partial charge >= 0.3 is 0 Å². The van der Waals surface area contributed by atoms with Gasteiger partial charge in [0.25, 0.3) is 0 Å². The lowest BCUT2D eigenvalue weighted by Crippen LogP contribution is -2.63. The van der Waals surface area contributed by atoms with E-state index >= 15 is 0 Å². The van der Waals surface area contributed by atoms with E-state index in [0.717, 1.165) is 6.04 Å². The molecule has 2 heterocycles. The van der Waals surface area contributed by atoms with Crippen LogP contribution in [-0.2, 0) is 0 Å². The first kappa shape index (κ1) is 10.4. The van der Waals surface area contributed by atoms with Crippen LogP contribution in [0.5, 0.6) is 0 Å². The van der Waals surface area contributed by atoms with Gasteiger partial charge in [-0.05, 0) is 32.6 Å². The van der Waals surface area contributed by atoms with Crippen LogP contribution in [0.3, 0.4) is 0 Å². The maximum Gasteiger partial charge on any atom is 0.0941 e. The van der Waals surface area contributed by atoms with Crippen LogP contribution < -0.4 is 0 Å². The summed E-state index contributed by atoms with van der Waals surface area (Å²) < 4.78 is 1.32. The fourth-order valence-corrected chi connectivity index (χ4v) is 3.80. The maximum absolute atomic E-state index is 9.43. The molecule has 0 amide bonds. The Kier molecular flexibility index (Phi) is 3.13. The summed E-state index contributed by atoms with van der Waals surface area (Å²) >= 11 is 0. The molecule has 0 aromatic rings. The Morgan fingerprint density at radius 2 is 1.93 bits per heavy atom. The van der Waals surface area contributed by atoms with Gasteiger partial charge in [0.2, 0.25) is 0 Å². The summed E-state index contributed by atoms with van der Waals surface area (Å²) in [7, 11) is 0.